The highest BCUT2D eigenvalue weighted by atomic mass is 35.5. The Balaban J connectivity index is 1.30. The number of carbonyl (C=O) groups is 6. The maximum absolute atomic E-state index is 13.6. The van der Waals surface area contributed by atoms with Crippen molar-refractivity contribution in [2.75, 3.05) is 47.2 Å². The van der Waals surface area contributed by atoms with Crippen LogP contribution in [0.5, 0.6) is 11.5 Å². The molecule has 0 aliphatic carbocycles. The van der Waals surface area contributed by atoms with Gasteiger partial charge in [0.25, 0.3) is 23.6 Å². The van der Waals surface area contributed by atoms with E-state index in [4.69, 9.17) is 55.9 Å². The normalized spacial score (nSPS) is 12.0. The van der Waals surface area contributed by atoms with Crippen molar-refractivity contribution in [1.29, 1.82) is 0 Å². The lowest BCUT2D eigenvalue weighted by Crippen LogP contribution is -2.32. The molecule has 16 nitrogen and oxygen atoms in total. The second-order valence-corrected chi connectivity index (χ2v) is 15.8. The number of nitrogens with one attached hydrogen (secondary N) is 4. The number of hydrogen-bond acceptors (Lipinski definition) is 12. The van der Waals surface area contributed by atoms with Crippen molar-refractivity contribution in [2.45, 2.75) is 38.8 Å². The predicted octanol–water partition coefficient (Wildman–Crippen LogP) is 10.4. The van der Waals surface area contributed by atoms with Gasteiger partial charge in [0.1, 0.15) is 28.6 Å². The molecule has 0 radical (unpaired) electrons. The van der Waals surface area contributed by atoms with Gasteiger partial charge in [0, 0.05) is 52.1 Å². The van der Waals surface area contributed by atoms with E-state index in [0.29, 0.717) is 36.0 Å². The molecule has 0 aromatic heterocycles. The van der Waals surface area contributed by atoms with E-state index < -0.39 is 47.3 Å². The average molecular weight is 977 g/mol. The van der Waals surface area contributed by atoms with E-state index >= 15 is 0 Å². The van der Waals surface area contributed by atoms with Gasteiger partial charge in [0.05, 0.1) is 24.3 Å². The molecule has 4 amide bonds. The first-order valence-corrected chi connectivity index (χ1v) is 21.7. The highest BCUT2D eigenvalue weighted by Gasteiger charge is 2.28. The zero-order chi connectivity index (χ0) is 47.9. The van der Waals surface area contributed by atoms with Gasteiger partial charge in [-0.3, -0.25) is 28.8 Å². The minimum atomic E-state index is -1.69. The molecule has 5 rings (SSSR count). The minimum Gasteiger partial charge on any atom is -0.494 e. The number of hydrogen-bond donors (Lipinski definition) is 4. The number of ketones is 2. The standard InChI is InChI=1S/C46H42Cl4N8O8/c1-25(59)40(57-55-36-21-29(11-13-34(36)49)43(61)51-31-9-5-7-27(19-31)15-17-47)45(63)53-33-23-38(65-3)42(39(24-33)66-4)54-46(64)41(26(2)60)58-56-37-22-30(12-14-35(37)50)44(62)52-32-10-6-8-28(20-32)16-18-48/h5-14,19-24,40-41H,15-18H2,1-4H3,(H,51,61)(H,52,62)(H,53,63)(H,54,64). The van der Waals surface area contributed by atoms with Crippen LogP contribution in [0.3, 0.4) is 0 Å². The molecule has 2 atom stereocenters. The van der Waals surface area contributed by atoms with E-state index in [-0.39, 0.29) is 55.4 Å². The summed E-state index contributed by atoms with van der Waals surface area (Å²) in [7, 11) is 2.56. The fourth-order valence-electron chi connectivity index (χ4n) is 6.08. The quantitative estimate of drug-likeness (QED) is 0.0333. The zero-order valence-electron chi connectivity index (χ0n) is 35.8. The van der Waals surface area contributed by atoms with Gasteiger partial charge < -0.3 is 30.7 Å². The third-order valence-corrected chi connectivity index (χ3v) is 10.4. The van der Waals surface area contributed by atoms with Gasteiger partial charge in [0.2, 0.25) is 12.1 Å². The van der Waals surface area contributed by atoms with E-state index in [2.05, 4.69) is 41.7 Å². The first-order chi connectivity index (χ1) is 31.6. The third kappa shape index (κ3) is 13.7. The highest BCUT2D eigenvalue weighted by Crippen LogP contribution is 2.39. The molecule has 0 saturated carbocycles. The number of anilines is 4. The van der Waals surface area contributed by atoms with E-state index in [1.807, 2.05) is 12.1 Å². The van der Waals surface area contributed by atoms with Crippen molar-refractivity contribution in [2.24, 2.45) is 20.5 Å². The Labute approximate surface area is 399 Å². The van der Waals surface area contributed by atoms with Crippen molar-refractivity contribution in [3.63, 3.8) is 0 Å². The average Bonchev–Trinajstić information content (AvgIpc) is 3.28. The predicted molar refractivity (Wildman–Crippen MR) is 255 cm³/mol. The van der Waals surface area contributed by atoms with Gasteiger partial charge >= 0.3 is 0 Å². The molecule has 0 bridgehead atoms. The zero-order valence-corrected chi connectivity index (χ0v) is 38.8. The van der Waals surface area contributed by atoms with Crippen LogP contribution in [0.25, 0.3) is 0 Å². The van der Waals surface area contributed by atoms with Crippen molar-refractivity contribution in [3.05, 3.63) is 129 Å². The number of benzene rings is 5. The molecule has 20 heteroatoms. The number of halogens is 4. The van der Waals surface area contributed by atoms with Crippen LogP contribution in [-0.4, -0.2) is 73.3 Å². The summed E-state index contributed by atoms with van der Waals surface area (Å²) in [5.74, 6) is -3.35. The molecule has 2 unspecified atom stereocenters. The Hall–Kier alpha value is -6.72. The summed E-state index contributed by atoms with van der Waals surface area (Å²) in [6.45, 7) is 2.28. The van der Waals surface area contributed by atoms with E-state index in [1.54, 1.807) is 36.4 Å². The molecule has 4 N–H and O–H groups in total. The van der Waals surface area contributed by atoms with Gasteiger partial charge in [-0.15, -0.1) is 23.2 Å². The highest BCUT2D eigenvalue weighted by molar-refractivity contribution is 6.33. The topological polar surface area (TPSA) is 218 Å². The lowest BCUT2D eigenvalue weighted by molar-refractivity contribution is -0.127. The lowest BCUT2D eigenvalue weighted by Gasteiger charge is -2.18. The smallest absolute Gasteiger partial charge is 0.259 e. The van der Waals surface area contributed by atoms with Crippen molar-refractivity contribution in [3.8, 4) is 11.5 Å². The van der Waals surface area contributed by atoms with Crippen LogP contribution >= 0.6 is 46.4 Å². The number of nitrogens with zero attached hydrogens (tertiary/aromatic N) is 4. The van der Waals surface area contributed by atoms with E-state index in [1.165, 1.54) is 62.8 Å². The summed E-state index contributed by atoms with van der Waals surface area (Å²) in [5.41, 5.74) is 3.39. The molecule has 0 spiro atoms. The number of rotatable bonds is 20. The summed E-state index contributed by atoms with van der Waals surface area (Å²) in [6, 6.07) is 22.3. The van der Waals surface area contributed by atoms with Crippen LogP contribution in [0.2, 0.25) is 10.0 Å². The Morgan fingerprint density at radius 1 is 0.545 bits per heavy atom. The number of methoxy groups -OCH3 is 2. The second kappa shape index (κ2) is 24.0. The number of amides is 4. The second-order valence-electron chi connectivity index (χ2n) is 14.2. The van der Waals surface area contributed by atoms with Crippen LogP contribution in [-0.2, 0) is 32.0 Å². The summed E-state index contributed by atoms with van der Waals surface area (Å²) in [6.07, 6.45) is 1.24. The molecule has 0 saturated heterocycles. The Morgan fingerprint density at radius 2 is 0.970 bits per heavy atom. The third-order valence-electron chi connectivity index (χ3n) is 9.40. The number of ether oxygens (including phenoxy) is 2. The first kappa shape index (κ1) is 50.3. The Bertz CT molecular complexity index is 2690. The van der Waals surface area contributed by atoms with E-state index in [9.17, 15) is 28.8 Å². The molecular formula is C46H42Cl4N8O8. The monoisotopic (exact) mass is 974 g/mol. The summed E-state index contributed by atoms with van der Waals surface area (Å²) >= 11 is 24.4. The van der Waals surface area contributed by atoms with Gasteiger partial charge in [-0.25, -0.2) is 0 Å². The molecular weight excluding hydrogens is 934 g/mol. The first-order valence-electron chi connectivity index (χ1n) is 19.9. The number of aryl methyl sites for hydroxylation is 2. The number of azo groups is 2. The fraction of sp³-hybridized carbons (Fsp3) is 0.217. The molecule has 0 aliphatic rings. The number of alkyl halides is 2. The van der Waals surface area contributed by atoms with Gasteiger partial charge in [-0.2, -0.15) is 20.5 Å². The maximum atomic E-state index is 13.6. The molecule has 0 fully saturated rings. The maximum Gasteiger partial charge on any atom is 0.259 e. The lowest BCUT2D eigenvalue weighted by atomic mass is 10.1. The van der Waals surface area contributed by atoms with Crippen LogP contribution in [0, 0.1) is 0 Å². The molecule has 342 valence electrons. The van der Waals surface area contributed by atoms with Gasteiger partial charge in [-0.05, 0) is 98.5 Å². The van der Waals surface area contributed by atoms with Crippen molar-refractivity contribution in [1.82, 2.24) is 0 Å². The largest absolute Gasteiger partial charge is 0.494 e. The van der Waals surface area contributed by atoms with Gasteiger partial charge in [0.15, 0.2) is 11.6 Å². The molecule has 66 heavy (non-hydrogen) atoms. The Morgan fingerprint density at radius 3 is 1.36 bits per heavy atom. The molecule has 5 aromatic carbocycles. The summed E-state index contributed by atoms with van der Waals surface area (Å²) in [5, 5.41) is 27.0. The number of Topliss-reactive ketones (excluding diaryl/α,β-unsaturated/α-hetero) is 2. The Kier molecular flexibility index (Phi) is 18.3. The summed E-state index contributed by atoms with van der Waals surface area (Å²) in [4.78, 5) is 78.7. The van der Waals surface area contributed by atoms with Crippen LogP contribution < -0.4 is 30.7 Å². The molecule has 5 aromatic rings. The molecule has 0 heterocycles. The number of carbonyl (C=O) groups excluding carboxylic acids is 6. The fourth-order valence-corrected chi connectivity index (χ4v) is 6.83. The van der Waals surface area contributed by atoms with Crippen LogP contribution in [0.15, 0.2) is 118 Å². The molecule has 0 aliphatic heterocycles. The minimum absolute atomic E-state index is 0.0122. The van der Waals surface area contributed by atoms with Crippen molar-refractivity contribution < 1.29 is 38.2 Å². The van der Waals surface area contributed by atoms with Crippen LogP contribution in [0.1, 0.15) is 45.7 Å². The summed E-state index contributed by atoms with van der Waals surface area (Å²) < 4.78 is 11.0. The van der Waals surface area contributed by atoms with Gasteiger partial charge in [-0.1, -0.05) is 47.5 Å². The van der Waals surface area contributed by atoms with Crippen LogP contribution in [0.4, 0.5) is 34.1 Å². The SMILES string of the molecule is COc1cc(NC(=O)C(N=Nc2cc(C(=O)Nc3cccc(CCCl)c3)ccc2Cl)C(C)=O)cc(OC)c1NC(=O)C(N=Nc1cc(C(=O)Nc2cccc(CCCl)c2)ccc1Cl)C(C)=O. The van der Waals surface area contributed by atoms with Crippen molar-refractivity contribution >= 4 is 116 Å². The van der Waals surface area contributed by atoms with E-state index in [0.717, 1.165) is 25.0 Å².